The van der Waals surface area contributed by atoms with E-state index in [0.29, 0.717) is 0 Å². The number of rotatable bonds is 5. The zero-order valence-corrected chi connectivity index (χ0v) is 13.4. The van der Waals surface area contributed by atoms with E-state index in [0.717, 1.165) is 35.5 Å². The Bertz CT molecular complexity index is 619. The Hall–Kier alpha value is -1.80. The van der Waals surface area contributed by atoms with Gasteiger partial charge in [-0.25, -0.2) is 0 Å². The van der Waals surface area contributed by atoms with Gasteiger partial charge in [-0.3, -0.25) is 0 Å². The molecule has 0 radical (unpaired) electrons. The molecule has 0 bridgehead atoms. The quantitative estimate of drug-likeness (QED) is 0.864. The Morgan fingerprint density at radius 3 is 2.24 bits per heavy atom. The van der Waals surface area contributed by atoms with Crippen molar-refractivity contribution < 1.29 is 4.74 Å². The van der Waals surface area contributed by atoms with Crippen LogP contribution in [0.5, 0.6) is 11.5 Å². The summed E-state index contributed by atoms with van der Waals surface area (Å²) >= 11 is 0. The molecule has 112 valence electrons. The van der Waals surface area contributed by atoms with Gasteiger partial charge in [-0.05, 0) is 68.0 Å². The van der Waals surface area contributed by atoms with E-state index in [1.807, 2.05) is 0 Å². The van der Waals surface area contributed by atoms with Gasteiger partial charge in [-0.1, -0.05) is 31.2 Å². The highest BCUT2D eigenvalue weighted by Gasteiger charge is 2.08. The van der Waals surface area contributed by atoms with Gasteiger partial charge in [0.2, 0.25) is 0 Å². The van der Waals surface area contributed by atoms with E-state index in [1.165, 1.54) is 11.1 Å². The maximum Gasteiger partial charge on any atom is 0.130 e. The first kappa shape index (κ1) is 15.6. The van der Waals surface area contributed by atoms with E-state index in [1.54, 1.807) is 0 Å². The molecule has 2 rings (SSSR count). The molecule has 0 aliphatic rings. The van der Waals surface area contributed by atoms with Crippen LogP contribution in [0.4, 0.5) is 0 Å². The van der Waals surface area contributed by atoms with Crippen LogP contribution in [0.1, 0.15) is 35.6 Å². The highest BCUT2D eigenvalue weighted by atomic mass is 16.5. The highest BCUT2D eigenvalue weighted by Crippen LogP contribution is 2.29. The van der Waals surface area contributed by atoms with Crippen molar-refractivity contribution >= 4 is 0 Å². The summed E-state index contributed by atoms with van der Waals surface area (Å²) in [5.74, 6) is 1.85. The van der Waals surface area contributed by atoms with Gasteiger partial charge in [-0.15, -0.1) is 0 Å². The Labute approximate surface area is 127 Å². The van der Waals surface area contributed by atoms with Crippen molar-refractivity contribution in [1.29, 1.82) is 0 Å². The predicted molar refractivity (Wildman–Crippen MR) is 89.1 cm³/mol. The third-order valence-corrected chi connectivity index (χ3v) is 3.84. The molecule has 1 unspecified atom stereocenters. The maximum atomic E-state index is 6.14. The van der Waals surface area contributed by atoms with Crippen LogP contribution in [-0.4, -0.2) is 6.04 Å². The molecule has 2 aromatic rings. The molecule has 2 heteroatoms. The summed E-state index contributed by atoms with van der Waals surface area (Å²) in [5.41, 5.74) is 10.8. The number of nitrogens with two attached hydrogens (primary N) is 1. The third-order valence-electron chi connectivity index (χ3n) is 3.84. The molecule has 2 nitrogen and oxygen atoms in total. The number of hydrogen-bond acceptors (Lipinski definition) is 2. The molecule has 0 aliphatic carbocycles. The average Bonchev–Trinajstić information content (AvgIpc) is 2.46. The van der Waals surface area contributed by atoms with E-state index in [4.69, 9.17) is 10.5 Å². The summed E-state index contributed by atoms with van der Waals surface area (Å²) in [6.45, 7) is 8.34. The molecule has 0 spiro atoms. The molecule has 0 saturated carbocycles. The SMILES string of the molecule is CCC(N)Cc1ccc(C)c(Oc2cc(C)ccc2C)c1. The van der Waals surface area contributed by atoms with Crippen LogP contribution in [-0.2, 0) is 6.42 Å². The van der Waals surface area contributed by atoms with Gasteiger partial charge in [0.15, 0.2) is 0 Å². The Morgan fingerprint density at radius 1 is 0.952 bits per heavy atom. The predicted octanol–water partition coefficient (Wildman–Crippen LogP) is 4.68. The molecule has 21 heavy (non-hydrogen) atoms. The average molecular weight is 283 g/mol. The topological polar surface area (TPSA) is 35.2 Å². The van der Waals surface area contributed by atoms with Gasteiger partial charge in [-0.2, -0.15) is 0 Å². The van der Waals surface area contributed by atoms with E-state index in [2.05, 4.69) is 64.1 Å². The van der Waals surface area contributed by atoms with Crippen molar-refractivity contribution in [3.05, 3.63) is 58.7 Å². The Balaban J connectivity index is 2.26. The first-order chi connectivity index (χ1) is 9.99. The van der Waals surface area contributed by atoms with Gasteiger partial charge in [0.1, 0.15) is 11.5 Å². The number of aryl methyl sites for hydroxylation is 3. The van der Waals surface area contributed by atoms with Crippen LogP contribution in [0.2, 0.25) is 0 Å². The van der Waals surface area contributed by atoms with Crippen molar-refractivity contribution in [3.63, 3.8) is 0 Å². The summed E-state index contributed by atoms with van der Waals surface area (Å²) in [5, 5.41) is 0. The summed E-state index contributed by atoms with van der Waals surface area (Å²) in [7, 11) is 0. The van der Waals surface area contributed by atoms with Gasteiger partial charge in [0.05, 0.1) is 0 Å². The van der Waals surface area contributed by atoms with E-state index in [-0.39, 0.29) is 6.04 Å². The van der Waals surface area contributed by atoms with Crippen molar-refractivity contribution in [2.75, 3.05) is 0 Å². The van der Waals surface area contributed by atoms with Gasteiger partial charge >= 0.3 is 0 Å². The smallest absolute Gasteiger partial charge is 0.130 e. The van der Waals surface area contributed by atoms with Crippen LogP contribution in [0.25, 0.3) is 0 Å². The zero-order valence-electron chi connectivity index (χ0n) is 13.4. The third kappa shape index (κ3) is 4.08. The highest BCUT2D eigenvalue weighted by molar-refractivity contribution is 5.43. The fourth-order valence-corrected chi connectivity index (χ4v) is 2.26. The van der Waals surface area contributed by atoms with Crippen LogP contribution < -0.4 is 10.5 Å². The molecule has 0 amide bonds. The minimum absolute atomic E-state index is 0.210. The summed E-state index contributed by atoms with van der Waals surface area (Å²) in [6.07, 6.45) is 1.88. The second kappa shape index (κ2) is 6.77. The van der Waals surface area contributed by atoms with Crippen LogP contribution in [0.3, 0.4) is 0 Å². The minimum Gasteiger partial charge on any atom is -0.457 e. The fourth-order valence-electron chi connectivity index (χ4n) is 2.26. The molecule has 0 heterocycles. The monoisotopic (exact) mass is 283 g/mol. The first-order valence-corrected chi connectivity index (χ1v) is 7.59. The molecule has 1 atom stereocenters. The van der Waals surface area contributed by atoms with Gasteiger partial charge < -0.3 is 10.5 Å². The molecular formula is C19H25NO. The van der Waals surface area contributed by atoms with Crippen molar-refractivity contribution in [3.8, 4) is 11.5 Å². The molecule has 0 saturated heterocycles. The van der Waals surface area contributed by atoms with Crippen LogP contribution >= 0.6 is 0 Å². The normalized spacial score (nSPS) is 12.2. The molecule has 2 N–H and O–H groups in total. The number of benzene rings is 2. The summed E-state index contributed by atoms with van der Waals surface area (Å²) < 4.78 is 6.14. The lowest BCUT2D eigenvalue weighted by atomic mass is 10.0. The summed E-state index contributed by atoms with van der Waals surface area (Å²) in [4.78, 5) is 0. The van der Waals surface area contributed by atoms with Crippen molar-refractivity contribution in [2.45, 2.75) is 46.6 Å². The molecule has 0 aromatic heterocycles. The van der Waals surface area contributed by atoms with E-state index >= 15 is 0 Å². The molecule has 0 aliphatic heterocycles. The minimum atomic E-state index is 0.210. The summed E-state index contributed by atoms with van der Waals surface area (Å²) in [6, 6.07) is 12.9. The van der Waals surface area contributed by atoms with Crippen molar-refractivity contribution in [1.82, 2.24) is 0 Å². The maximum absolute atomic E-state index is 6.14. The molecule has 2 aromatic carbocycles. The second-order valence-electron chi connectivity index (χ2n) is 5.84. The second-order valence-corrected chi connectivity index (χ2v) is 5.84. The van der Waals surface area contributed by atoms with Crippen LogP contribution in [0.15, 0.2) is 36.4 Å². The Morgan fingerprint density at radius 2 is 1.57 bits per heavy atom. The lowest BCUT2D eigenvalue weighted by Gasteiger charge is -2.14. The Kier molecular flexibility index (Phi) is 5.03. The molecule has 0 fully saturated rings. The largest absolute Gasteiger partial charge is 0.457 e. The van der Waals surface area contributed by atoms with Gasteiger partial charge in [0.25, 0.3) is 0 Å². The molecular weight excluding hydrogens is 258 g/mol. The standard InChI is InChI=1S/C19H25NO/c1-5-17(20)11-16-9-8-15(4)19(12-16)21-18-10-13(2)6-7-14(18)3/h6-10,12,17H,5,11,20H2,1-4H3. The number of ether oxygens (including phenoxy) is 1. The number of hydrogen-bond donors (Lipinski definition) is 1. The van der Waals surface area contributed by atoms with E-state index in [9.17, 15) is 0 Å². The van der Waals surface area contributed by atoms with Crippen LogP contribution in [0, 0.1) is 20.8 Å². The lowest BCUT2D eigenvalue weighted by Crippen LogP contribution is -2.21. The zero-order chi connectivity index (χ0) is 15.4. The van der Waals surface area contributed by atoms with E-state index < -0.39 is 0 Å². The fraction of sp³-hybridized carbons (Fsp3) is 0.368. The lowest BCUT2D eigenvalue weighted by molar-refractivity contribution is 0.473. The first-order valence-electron chi connectivity index (χ1n) is 7.59. The van der Waals surface area contributed by atoms with Gasteiger partial charge in [0, 0.05) is 6.04 Å². The van der Waals surface area contributed by atoms with Crippen molar-refractivity contribution in [2.24, 2.45) is 5.73 Å².